The summed E-state index contributed by atoms with van der Waals surface area (Å²) >= 11 is 0. The summed E-state index contributed by atoms with van der Waals surface area (Å²) < 4.78 is 1.71. The molecule has 5 nitrogen and oxygen atoms in total. The number of rotatable bonds is 3. The minimum absolute atomic E-state index is 0.0372. The van der Waals surface area contributed by atoms with Crippen molar-refractivity contribution in [1.82, 2.24) is 14.5 Å². The van der Waals surface area contributed by atoms with E-state index in [4.69, 9.17) is 0 Å². The second-order valence-electron chi connectivity index (χ2n) is 7.28. The molecule has 0 radical (unpaired) electrons. The lowest BCUT2D eigenvalue weighted by Crippen LogP contribution is -2.39. The van der Waals surface area contributed by atoms with E-state index in [9.17, 15) is 9.59 Å². The number of fused-ring (bicyclic) bond motifs is 1. The highest BCUT2D eigenvalue weighted by molar-refractivity contribution is 5.97. The summed E-state index contributed by atoms with van der Waals surface area (Å²) in [5.74, 6) is 0.800. The lowest BCUT2D eigenvalue weighted by atomic mass is 9.86. The smallest absolute Gasteiger partial charge is 0.272 e. The van der Waals surface area contributed by atoms with Gasteiger partial charge in [-0.15, -0.1) is 0 Å². The molecule has 1 saturated carbocycles. The van der Waals surface area contributed by atoms with Crippen LogP contribution in [-0.2, 0) is 6.54 Å². The number of hydrogen-bond donors (Lipinski definition) is 0. The first kappa shape index (κ1) is 17.6. The molecule has 1 aliphatic carbocycles. The topological polar surface area (TPSA) is 55.2 Å². The van der Waals surface area contributed by atoms with E-state index in [-0.39, 0.29) is 11.5 Å². The van der Waals surface area contributed by atoms with Crippen LogP contribution in [0.25, 0.3) is 11.0 Å². The number of aryl methyl sites for hydroxylation is 2. The van der Waals surface area contributed by atoms with E-state index in [0.29, 0.717) is 29.4 Å². The van der Waals surface area contributed by atoms with Gasteiger partial charge in [0.2, 0.25) is 0 Å². The third kappa shape index (κ3) is 3.32. The van der Waals surface area contributed by atoms with Gasteiger partial charge in [0.05, 0.1) is 11.0 Å². The summed E-state index contributed by atoms with van der Waals surface area (Å²) in [7, 11) is 1.90. The van der Waals surface area contributed by atoms with Crippen molar-refractivity contribution in [2.24, 2.45) is 5.92 Å². The number of benzene rings is 1. The molecule has 5 heteroatoms. The molecule has 0 unspecified atom stereocenters. The molecule has 1 aliphatic rings. The van der Waals surface area contributed by atoms with Crippen LogP contribution in [0, 0.1) is 12.8 Å². The fourth-order valence-corrected chi connectivity index (χ4v) is 3.82. The SMILES string of the molecule is CCn1c(=O)c(C)nc2cc(C(=O)N(C)C3CCC(C)CC3)ccc21. The Balaban J connectivity index is 1.92. The van der Waals surface area contributed by atoms with Crippen molar-refractivity contribution in [3.8, 4) is 0 Å². The van der Waals surface area contributed by atoms with Crippen LogP contribution < -0.4 is 5.56 Å². The minimum Gasteiger partial charge on any atom is -0.339 e. The Labute approximate surface area is 148 Å². The molecule has 0 aliphatic heterocycles. The van der Waals surface area contributed by atoms with Crippen LogP contribution in [0.5, 0.6) is 0 Å². The average Bonchev–Trinajstić information content (AvgIpc) is 2.62. The maximum atomic E-state index is 12.9. The monoisotopic (exact) mass is 341 g/mol. The van der Waals surface area contributed by atoms with Gasteiger partial charge in [-0.3, -0.25) is 9.59 Å². The minimum atomic E-state index is -0.0671. The average molecular weight is 341 g/mol. The maximum absolute atomic E-state index is 12.9. The van der Waals surface area contributed by atoms with Crippen LogP contribution in [0.4, 0.5) is 0 Å². The first-order chi connectivity index (χ1) is 11.9. The summed E-state index contributed by atoms with van der Waals surface area (Å²) in [6.07, 6.45) is 4.51. The first-order valence-corrected chi connectivity index (χ1v) is 9.20. The zero-order chi connectivity index (χ0) is 18.1. The number of hydrogen-bond acceptors (Lipinski definition) is 3. The highest BCUT2D eigenvalue weighted by Gasteiger charge is 2.25. The van der Waals surface area contributed by atoms with E-state index in [1.54, 1.807) is 11.5 Å². The Morgan fingerprint density at radius 2 is 1.96 bits per heavy atom. The molecular formula is C20H27N3O2. The van der Waals surface area contributed by atoms with Crippen LogP contribution in [0.3, 0.4) is 0 Å². The fourth-order valence-electron chi connectivity index (χ4n) is 3.82. The molecule has 134 valence electrons. The molecule has 1 fully saturated rings. The molecule has 2 aromatic rings. The number of nitrogens with zero attached hydrogens (tertiary/aromatic N) is 3. The molecule has 3 rings (SSSR count). The van der Waals surface area contributed by atoms with Gasteiger partial charge in [0.15, 0.2) is 0 Å². The number of carbonyl (C=O) groups is 1. The molecule has 1 amide bonds. The van der Waals surface area contributed by atoms with E-state index >= 15 is 0 Å². The van der Waals surface area contributed by atoms with Gasteiger partial charge in [0.1, 0.15) is 5.69 Å². The molecule has 0 N–H and O–H groups in total. The molecule has 25 heavy (non-hydrogen) atoms. The summed E-state index contributed by atoms with van der Waals surface area (Å²) in [5, 5.41) is 0. The van der Waals surface area contributed by atoms with Crippen LogP contribution in [0.2, 0.25) is 0 Å². The quantitative estimate of drug-likeness (QED) is 0.860. The second kappa shape index (κ2) is 6.98. The van der Waals surface area contributed by atoms with Crippen molar-refractivity contribution in [1.29, 1.82) is 0 Å². The zero-order valence-electron chi connectivity index (χ0n) is 15.6. The largest absolute Gasteiger partial charge is 0.339 e. The van der Waals surface area contributed by atoms with E-state index in [0.717, 1.165) is 24.3 Å². The first-order valence-electron chi connectivity index (χ1n) is 9.20. The van der Waals surface area contributed by atoms with Crippen molar-refractivity contribution < 1.29 is 4.79 Å². The Morgan fingerprint density at radius 3 is 2.60 bits per heavy atom. The molecular weight excluding hydrogens is 314 g/mol. The molecule has 0 atom stereocenters. The van der Waals surface area contributed by atoms with Crippen molar-refractivity contribution in [3.05, 3.63) is 39.8 Å². The summed E-state index contributed by atoms with van der Waals surface area (Å²) in [5.41, 5.74) is 2.53. The molecule has 1 aromatic carbocycles. The highest BCUT2D eigenvalue weighted by Crippen LogP contribution is 2.27. The van der Waals surface area contributed by atoms with Crippen LogP contribution in [-0.4, -0.2) is 33.4 Å². The lowest BCUT2D eigenvalue weighted by Gasteiger charge is -2.33. The molecule has 0 saturated heterocycles. The normalized spacial score (nSPS) is 20.6. The standard InChI is InChI=1S/C20H27N3O2/c1-5-23-18-11-8-15(12-17(18)21-14(3)19(23)24)20(25)22(4)16-9-6-13(2)7-10-16/h8,11-13,16H,5-7,9-10H2,1-4H3. The maximum Gasteiger partial charge on any atom is 0.272 e. The van der Waals surface area contributed by atoms with Crippen molar-refractivity contribution in [3.63, 3.8) is 0 Å². The third-order valence-electron chi connectivity index (χ3n) is 5.53. The van der Waals surface area contributed by atoms with E-state index in [1.807, 2.05) is 37.1 Å². The van der Waals surface area contributed by atoms with Gasteiger partial charge in [0, 0.05) is 25.2 Å². The number of amides is 1. The van der Waals surface area contributed by atoms with Crippen LogP contribution in [0.1, 0.15) is 55.6 Å². The summed E-state index contributed by atoms with van der Waals surface area (Å²) in [6, 6.07) is 5.79. The molecule has 1 aromatic heterocycles. The summed E-state index contributed by atoms with van der Waals surface area (Å²) in [4.78, 5) is 31.4. The van der Waals surface area contributed by atoms with Crippen LogP contribution in [0.15, 0.2) is 23.0 Å². The van der Waals surface area contributed by atoms with Gasteiger partial charge in [0.25, 0.3) is 11.5 Å². The highest BCUT2D eigenvalue weighted by atomic mass is 16.2. The van der Waals surface area contributed by atoms with Gasteiger partial charge in [-0.25, -0.2) is 4.98 Å². The lowest BCUT2D eigenvalue weighted by molar-refractivity contribution is 0.0679. The number of aromatic nitrogens is 2. The van der Waals surface area contributed by atoms with Gasteiger partial charge >= 0.3 is 0 Å². The van der Waals surface area contributed by atoms with Crippen molar-refractivity contribution in [2.75, 3.05) is 7.05 Å². The number of carbonyl (C=O) groups excluding carboxylic acids is 1. The van der Waals surface area contributed by atoms with E-state index in [2.05, 4.69) is 11.9 Å². The second-order valence-corrected chi connectivity index (χ2v) is 7.28. The van der Waals surface area contributed by atoms with E-state index < -0.39 is 0 Å². The molecule has 0 bridgehead atoms. The van der Waals surface area contributed by atoms with E-state index in [1.165, 1.54) is 12.8 Å². The molecule has 1 heterocycles. The predicted octanol–water partition coefficient (Wildman–Crippen LogP) is 3.38. The van der Waals surface area contributed by atoms with Crippen molar-refractivity contribution in [2.45, 2.75) is 59.0 Å². The Morgan fingerprint density at radius 1 is 1.28 bits per heavy atom. The Hall–Kier alpha value is -2.17. The fraction of sp³-hybridized carbons (Fsp3) is 0.550. The summed E-state index contributed by atoms with van der Waals surface area (Å²) in [6.45, 7) is 6.53. The Kier molecular flexibility index (Phi) is 4.93. The predicted molar refractivity (Wildman–Crippen MR) is 99.9 cm³/mol. The van der Waals surface area contributed by atoms with Gasteiger partial charge < -0.3 is 9.47 Å². The third-order valence-corrected chi connectivity index (χ3v) is 5.53. The molecule has 0 spiro atoms. The Bertz CT molecular complexity index is 848. The van der Waals surface area contributed by atoms with Gasteiger partial charge in [-0.05, 0) is 63.6 Å². The zero-order valence-corrected chi connectivity index (χ0v) is 15.6. The van der Waals surface area contributed by atoms with Crippen LogP contribution >= 0.6 is 0 Å². The van der Waals surface area contributed by atoms with Crippen molar-refractivity contribution >= 4 is 16.9 Å². The van der Waals surface area contributed by atoms with Gasteiger partial charge in [-0.2, -0.15) is 0 Å². The van der Waals surface area contributed by atoms with Gasteiger partial charge in [-0.1, -0.05) is 6.92 Å².